The van der Waals surface area contributed by atoms with Gasteiger partial charge < -0.3 is 9.47 Å². The summed E-state index contributed by atoms with van der Waals surface area (Å²) in [5.74, 6) is 1.31. The monoisotopic (exact) mass is 330 g/mol. The van der Waals surface area contributed by atoms with Crippen LogP contribution < -0.4 is 9.47 Å². The highest BCUT2D eigenvalue weighted by molar-refractivity contribution is 6.29. The van der Waals surface area contributed by atoms with Gasteiger partial charge in [0.15, 0.2) is 0 Å². The van der Waals surface area contributed by atoms with Crippen molar-refractivity contribution >= 4 is 11.6 Å². The van der Waals surface area contributed by atoms with Gasteiger partial charge in [-0.1, -0.05) is 47.5 Å². The summed E-state index contributed by atoms with van der Waals surface area (Å²) in [4.78, 5) is 8.50. The Kier molecular flexibility index (Phi) is 5.77. The highest BCUT2D eigenvalue weighted by Gasteiger charge is 2.16. The topological polar surface area (TPSA) is 44.2 Å². The van der Waals surface area contributed by atoms with Crippen LogP contribution in [0.2, 0.25) is 0 Å². The number of ether oxygens (including phenoxy) is 2. The fraction of sp³-hybridized carbons (Fsp3) is 0.222. The second kappa shape index (κ2) is 7.79. The molecular formula is C18H19ClN2O2. The van der Waals surface area contributed by atoms with E-state index in [1.807, 2.05) is 44.2 Å². The molecule has 2 aromatic rings. The van der Waals surface area contributed by atoms with Gasteiger partial charge in [0.2, 0.25) is 5.75 Å². The summed E-state index contributed by atoms with van der Waals surface area (Å²) in [6, 6.07) is 8.01. The lowest BCUT2D eigenvalue weighted by atomic mass is 10.1. The number of methoxy groups -OCH3 is 1. The third kappa shape index (κ3) is 4.11. The van der Waals surface area contributed by atoms with E-state index in [0.29, 0.717) is 28.1 Å². The van der Waals surface area contributed by atoms with E-state index >= 15 is 0 Å². The number of halogens is 1. The van der Waals surface area contributed by atoms with Crippen LogP contribution in [-0.2, 0) is 0 Å². The molecule has 0 fully saturated rings. The summed E-state index contributed by atoms with van der Waals surface area (Å²) >= 11 is 6.06. The molecule has 0 unspecified atom stereocenters. The SMILES string of the molecule is CC=CC(Oc1ncnc(-c2ccc(C)cc2)c1OC)=C(C)Cl. The lowest BCUT2D eigenvalue weighted by Crippen LogP contribution is -2.01. The quantitative estimate of drug-likeness (QED) is 0.578. The number of hydrogen-bond acceptors (Lipinski definition) is 4. The van der Waals surface area contributed by atoms with Crippen LogP contribution in [-0.4, -0.2) is 17.1 Å². The van der Waals surface area contributed by atoms with E-state index in [-0.39, 0.29) is 0 Å². The van der Waals surface area contributed by atoms with Gasteiger partial charge in [-0.05, 0) is 26.8 Å². The number of hydrogen-bond donors (Lipinski definition) is 0. The molecule has 0 saturated carbocycles. The summed E-state index contributed by atoms with van der Waals surface area (Å²) in [7, 11) is 1.57. The smallest absolute Gasteiger partial charge is 0.266 e. The molecule has 23 heavy (non-hydrogen) atoms. The molecule has 0 radical (unpaired) electrons. The molecule has 1 heterocycles. The van der Waals surface area contributed by atoms with Crippen molar-refractivity contribution in [2.45, 2.75) is 20.8 Å². The third-order valence-electron chi connectivity index (χ3n) is 3.16. The third-order valence-corrected chi connectivity index (χ3v) is 3.35. The van der Waals surface area contributed by atoms with Crippen molar-refractivity contribution in [1.29, 1.82) is 0 Å². The van der Waals surface area contributed by atoms with Gasteiger partial charge in [-0.15, -0.1) is 0 Å². The first-order valence-electron chi connectivity index (χ1n) is 7.19. The Morgan fingerprint density at radius 3 is 2.43 bits per heavy atom. The predicted molar refractivity (Wildman–Crippen MR) is 92.8 cm³/mol. The molecule has 1 aromatic heterocycles. The van der Waals surface area contributed by atoms with Crippen molar-refractivity contribution in [1.82, 2.24) is 9.97 Å². The highest BCUT2D eigenvalue weighted by atomic mass is 35.5. The van der Waals surface area contributed by atoms with Gasteiger partial charge in [0.1, 0.15) is 17.8 Å². The molecule has 0 saturated heterocycles. The minimum Gasteiger partial charge on any atom is -0.490 e. The maximum absolute atomic E-state index is 6.06. The Morgan fingerprint density at radius 1 is 1.17 bits per heavy atom. The number of nitrogens with zero attached hydrogens (tertiary/aromatic N) is 2. The maximum atomic E-state index is 6.06. The fourth-order valence-corrected chi connectivity index (χ4v) is 2.11. The molecule has 0 N–H and O–H groups in total. The Labute approximate surface area is 141 Å². The molecule has 120 valence electrons. The number of benzene rings is 1. The van der Waals surface area contributed by atoms with Crippen LogP contribution in [0.3, 0.4) is 0 Å². The van der Waals surface area contributed by atoms with E-state index in [4.69, 9.17) is 21.1 Å². The first kappa shape index (κ1) is 17.0. The van der Waals surface area contributed by atoms with Crippen LogP contribution in [0.5, 0.6) is 11.6 Å². The molecule has 0 atom stereocenters. The van der Waals surface area contributed by atoms with Crippen molar-refractivity contribution in [2.24, 2.45) is 0 Å². The van der Waals surface area contributed by atoms with Crippen LogP contribution in [0.25, 0.3) is 11.3 Å². The second-order valence-electron chi connectivity index (χ2n) is 4.93. The van der Waals surface area contributed by atoms with E-state index in [9.17, 15) is 0 Å². The zero-order valence-electron chi connectivity index (χ0n) is 13.6. The van der Waals surface area contributed by atoms with E-state index in [0.717, 1.165) is 5.56 Å². The maximum Gasteiger partial charge on any atom is 0.266 e. The summed E-state index contributed by atoms with van der Waals surface area (Å²) in [5, 5.41) is 0.528. The normalized spacial score (nSPS) is 12.2. The molecule has 0 aliphatic rings. The van der Waals surface area contributed by atoms with Crippen LogP contribution in [0.15, 0.2) is 53.5 Å². The van der Waals surface area contributed by atoms with E-state index in [1.54, 1.807) is 20.1 Å². The van der Waals surface area contributed by atoms with Crippen LogP contribution in [0.1, 0.15) is 19.4 Å². The van der Waals surface area contributed by atoms with Crippen LogP contribution in [0.4, 0.5) is 0 Å². The van der Waals surface area contributed by atoms with E-state index < -0.39 is 0 Å². The summed E-state index contributed by atoms with van der Waals surface area (Å²) in [6.07, 6.45) is 5.06. The second-order valence-corrected chi connectivity index (χ2v) is 5.49. The van der Waals surface area contributed by atoms with Crippen molar-refractivity contribution in [3.05, 3.63) is 59.1 Å². The Morgan fingerprint density at radius 2 is 1.87 bits per heavy atom. The van der Waals surface area contributed by atoms with E-state index in [2.05, 4.69) is 9.97 Å². The zero-order valence-corrected chi connectivity index (χ0v) is 14.4. The van der Waals surface area contributed by atoms with Gasteiger partial charge in [0, 0.05) is 5.56 Å². The molecule has 5 heteroatoms. The molecule has 4 nitrogen and oxygen atoms in total. The van der Waals surface area contributed by atoms with Crippen molar-refractivity contribution in [2.75, 3.05) is 7.11 Å². The molecule has 0 bridgehead atoms. The Bertz CT molecular complexity index is 733. The van der Waals surface area contributed by atoms with Gasteiger partial charge in [-0.2, -0.15) is 4.98 Å². The average molecular weight is 331 g/mol. The van der Waals surface area contributed by atoms with Gasteiger partial charge >= 0.3 is 0 Å². The summed E-state index contributed by atoms with van der Waals surface area (Å²) < 4.78 is 11.3. The van der Waals surface area contributed by atoms with Gasteiger partial charge in [-0.3, -0.25) is 0 Å². The molecule has 2 rings (SSSR count). The number of aromatic nitrogens is 2. The first-order chi connectivity index (χ1) is 11.1. The number of aryl methyl sites for hydroxylation is 1. The highest BCUT2D eigenvalue weighted by Crippen LogP contribution is 2.35. The lowest BCUT2D eigenvalue weighted by Gasteiger charge is -2.13. The number of allylic oxidation sites excluding steroid dienone is 3. The molecular weight excluding hydrogens is 312 g/mol. The summed E-state index contributed by atoms with van der Waals surface area (Å²) in [5.41, 5.74) is 2.78. The lowest BCUT2D eigenvalue weighted by molar-refractivity contribution is 0.355. The largest absolute Gasteiger partial charge is 0.490 e. The fourth-order valence-electron chi connectivity index (χ4n) is 2.01. The Balaban J connectivity index is 2.48. The summed E-state index contributed by atoms with van der Waals surface area (Å²) in [6.45, 7) is 5.68. The molecule has 1 aromatic carbocycles. The first-order valence-corrected chi connectivity index (χ1v) is 7.57. The Hall–Kier alpha value is -2.33. The minimum atomic E-state index is 0.325. The van der Waals surface area contributed by atoms with Crippen LogP contribution in [0, 0.1) is 6.92 Å². The van der Waals surface area contributed by atoms with Crippen molar-refractivity contribution < 1.29 is 9.47 Å². The molecule has 0 aliphatic heterocycles. The predicted octanol–water partition coefficient (Wildman–Crippen LogP) is 4.89. The van der Waals surface area contributed by atoms with E-state index in [1.165, 1.54) is 11.9 Å². The van der Waals surface area contributed by atoms with Crippen molar-refractivity contribution in [3.8, 4) is 22.9 Å². The van der Waals surface area contributed by atoms with Gasteiger partial charge in [0.25, 0.3) is 5.88 Å². The zero-order chi connectivity index (χ0) is 16.8. The van der Waals surface area contributed by atoms with Crippen molar-refractivity contribution in [3.63, 3.8) is 0 Å². The molecule has 0 amide bonds. The average Bonchev–Trinajstić information content (AvgIpc) is 2.55. The van der Waals surface area contributed by atoms with Gasteiger partial charge in [0.05, 0.1) is 12.1 Å². The standard InChI is InChI=1S/C18H19ClN2O2/c1-5-6-15(13(3)19)23-18-17(22-4)16(20-11-21-18)14-9-7-12(2)8-10-14/h5-11H,1-4H3. The molecule has 0 spiro atoms. The molecule has 0 aliphatic carbocycles. The number of rotatable bonds is 5. The minimum absolute atomic E-state index is 0.325. The van der Waals surface area contributed by atoms with Gasteiger partial charge in [-0.25, -0.2) is 4.98 Å². The van der Waals surface area contributed by atoms with Crippen LogP contribution >= 0.6 is 11.6 Å².